The van der Waals surface area contributed by atoms with Crippen LogP contribution in [0.4, 0.5) is 13.2 Å². The van der Waals surface area contributed by atoms with Crippen molar-refractivity contribution in [3.63, 3.8) is 0 Å². The molecule has 0 aliphatic heterocycles. The van der Waals surface area contributed by atoms with Gasteiger partial charge < -0.3 is 10.1 Å². The molecule has 102 valence electrons. The van der Waals surface area contributed by atoms with Gasteiger partial charge in [0.15, 0.2) is 0 Å². The predicted octanol–water partition coefficient (Wildman–Crippen LogP) is 0.866. The molecular formula is C9H13F3N4O2. The fourth-order valence-corrected chi connectivity index (χ4v) is 1.08. The highest BCUT2D eigenvalue weighted by molar-refractivity contribution is 5.75. The van der Waals surface area contributed by atoms with Crippen molar-refractivity contribution in [2.24, 2.45) is 0 Å². The second-order valence-corrected chi connectivity index (χ2v) is 3.33. The van der Waals surface area contributed by atoms with Gasteiger partial charge >= 0.3 is 6.18 Å². The SMILES string of the molecule is CCOCCC(=O)NCc1nc(C(F)(F)F)n[nH]1. The lowest BCUT2D eigenvalue weighted by Gasteiger charge is -2.03. The van der Waals surface area contributed by atoms with E-state index in [1.54, 1.807) is 6.92 Å². The van der Waals surface area contributed by atoms with E-state index in [0.717, 1.165) is 0 Å². The van der Waals surface area contributed by atoms with Gasteiger partial charge in [0.05, 0.1) is 13.2 Å². The van der Waals surface area contributed by atoms with Crippen LogP contribution in [0.2, 0.25) is 0 Å². The van der Waals surface area contributed by atoms with E-state index < -0.39 is 12.0 Å². The van der Waals surface area contributed by atoms with Gasteiger partial charge in [-0.1, -0.05) is 0 Å². The maximum Gasteiger partial charge on any atom is 0.453 e. The molecule has 0 aliphatic carbocycles. The summed E-state index contributed by atoms with van der Waals surface area (Å²) in [6.07, 6.45) is -4.44. The van der Waals surface area contributed by atoms with Gasteiger partial charge in [-0.3, -0.25) is 9.89 Å². The molecule has 1 rings (SSSR count). The Bertz CT molecular complexity index is 391. The van der Waals surface area contributed by atoms with Crippen LogP contribution in [0.5, 0.6) is 0 Å². The summed E-state index contributed by atoms with van der Waals surface area (Å²) in [6, 6.07) is 0. The quantitative estimate of drug-likeness (QED) is 0.749. The average molecular weight is 266 g/mol. The van der Waals surface area contributed by atoms with Crippen molar-refractivity contribution in [1.29, 1.82) is 0 Å². The molecule has 0 spiro atoms. The lowest BCUT2D eigenvalue weighted by molar-refractivity contribution is -0.144. The van der Waals surface area contributed by atoms with Crippen LogP contribution in [0.3, 0.4) is 0 Å². The largest absolute Gasteiger partial charge is 0.453 e. The van der Waals surface area contributed by atoms with E-state index in [-0.39, 0.29) is 31.3 Å². The minimum atomic E-state index is -4.59. The molecule has 1 amide bonds. The molecule has 1 aromatic rings. The molecule has 0 radical (unpaired) electrons. The zero-order chi connectivity index (χ0) is 13.6. The van der Waals surface area contributed by atoms with Gasteiger partial charge in [-0.2, -0.15) is 13.2 Å². The number of hydrogen-bond donors (Lipinski definition) is 2. The Morgan fingerprint density at radius 3 is 2.78 bits per heavy atom. The van der Waals surface area contributed by atoms with Gasteiger partial charge in [-0.25, -0.2) is 4.98 Å². The molecule has 18 heavy (non-hydrogen) atoms. The molecular weight excluding hydrogens is 253 g/mol. The molecule has 1 aromatic heterocycles. The predicted molar refractivity (Wildman–Crippen MR) is 54.3 cm³/mol. The van der Waals surface area contributed by atoms with E-state index in [2.05, 4.69) is 20.5 Å². The Balaban J connectivity index is 2.35. The topological polar surface area (TPSA) is 79.9 Å². The Morgan fingerprint density at radius 1 is 1.50 bits per heavy atom. The second-order valence-electron chi connectivity index (χ2n) is 3.33. The summed E-state index contributed by atoms with van der Waals surface area (Å²) < 4.78 is 41.4. The molecule has 0 atom stereocenters. The number of nitrogens with zero attached hydrogens (tertiary/aromatic N) is 2. The molecule has 0 aromatic carbocycles. The highest BCUT2D eigenvalue weighted by Crippen LogP contribution is 2.25. The van der Waals surface area contributed by atoms with E-state index in [0.29, 0.717) is 6.61 Å². The van der Waals surface area contributed by atoms with Crippen LogP contribution in [-0.2, 0) is 22.3 Å². The molecule has 6 nitrogen and oxygen atoms in total. The Hall–Kier alpha value is -1.64. The number of rotatable bonds is 6. The summed E-state index contributed by atoms with van der Waals surface area (Å²) in [5.74, 6) is -1.62. The van der Waals surface area contributed by atoms with Crippen LogP contribution in [0.15, 0.2) is 0 Å². The van der Waals surface area contributed by atoms with Gasteiger partial charge in [0.2, 0.25) is 5.91 Å². The molecule has 0 fully saturated rings. The summed E-state index contributed by atoms with van der Waals surface area (Å²) in [7, 11) is 0. The van der Waals surface area contributed by atoms with Crippen LogP contribution in [0, 0.1) is 0 Å². The number of carbonyl (C=O) groups is 1. The minimum absolute atomic E-state index is 0.0490. The van der Waals surface area contributed by atoms with Gasteiger partial charge in [-0.15, -0.1) is 5.10 Å². The minimum Gasteiger partial charge on any atom is -0.381 e. The van der Waals surface area contributed by atoms with E-state index in [1.165, 1.54) is 0 Å². The van der Waals surface area contributed by atoms with Crippen molar-refractivity contribution in [3.05, 3.63) is 11.6 Å². The van der Waals surface area contributed by atoms with Crippen molar-refractivity contribution >= 4 is 5.91 Å². The van der Waals surface area contributed by atoms with E-state index in [9.17, 15) is 18.0 Å². The van der Waals surface area contributed by atoms with Gasteiger partial charge in [0.1, 0.15) is 5.82 Å². The second kappa shape index (κ2) is 6.34. The number of aromatic amines is 1. The molecule has 0 saturated heterocycles. The Morgan fingerprint density at radius 2 is 2.22 bits per heavy atom. The summed E-state index contributed by atoms with van der Waals surface area (Å²) >= 11 is 0. The number of nitrogens with one attached hydrogen (secondary N) is 2. The number of carbonyl (C=O) groups excluding carboxylic acids is 1. The smallest absolute Gasteiger partial charge is 0.381 e. The van der Waals surface area contributed by atoms with Crippen LogP contribution in [-0.4, -0.2) is 34.3 Å². The van der Waals surface area contributed by atoms with E-state index >= 15 is 0 Å². The molecule has 0 unspecified atom stereocenters. The number of aromatic nitrogens is 3. The fourth-order valence-electron chi connectivity index (χ4n) is 1.08. The Labute approximate surface area is 101 Å². The number of alkyl halides is 3. The number of halogens is 3. The maximum absolute atomic E-state index is 12.2. The summed E-state index contributed by atoms with van der Waals surface area (Å²) in [5, 5.41) is 7.51. The Kier molecular flexibility index (Phi) is 5.08. The molecule has 9 heteroatoms. The first-order valence-electron chi connectivity index (χ1n) is 5.26. The molecule has 0 aliphatic rings. The van der Waals surface area contributed by atoms with Crippen molar-refractivity contribution in [2.45, 2.75) is 26.1 Å². The van der Waals surface area contributed by atoms with Crippen LogP contribution in [0.25, 0.3) is 0 Å². The first-order chi connectivity index (χ1) is 8.43. The molecule has 1 heterocycles. The number of amides is 1. The first-order valence-corrected chi connectivity index (χ1v) is 5.26. The zero-order valence-electron chi connectivity index (χ0n) is 9.67. The number of hydrogen-bond acceptors (Lipinski definition) is 4. The standard InChI is InChI=1S/C9H13F3N4O2/c1-2-18-4-3-7(17)13-5-6-14-8(16-15-6)9(10,11)12/h2-5H2,1H3,(H,13,17)(H,14,15,16). The maximum atomic E-state index is 12.2. The lowest BCUT2D eigenvalue weighted by Crippen LogP contribution is -2.24. The normalized spacial score (nSPS) is 11.6. The highest BCUT2D eigenvalue weighted by atomic mass is 19.4. The van der Waals surface area contributed by atoms with Gasteiger partial charge in [-0.05, 0) is 6.92 Å². The number of H-pyrrole nitrogens is 1. The van der Waals surface area contributed by atoms with Gasteiger partial charge in [0.25, 0.3) is 5.82 Å². The van der Waals surface area contributed by atoms with Crippen molar-refractivity contribution < 1.29 is 22.7 Å². The monoisotopic (exact) mass is 266 g/mol. The zero-order valence-corrected chi connectivity index (χ0v) is 9.67. The lowest BCUT2D eigenvalue weighted by atomic mass is 10.4. The summed E-state index contributed by atoms with van der Waals surface area (Å²) in [5.41, 5.74) is 0. The first kappa shape index (κ1) is 14.4. The fraction of sp³-hybridized carbons (Fsp3) is 0.667. The number of ether oxygens (including phenoxy) is 1. The van der Waals surface area contributed by atoms with Crippen molar-refractivity contribution in [2.75, 3.05) is 13.2 Å². The molecule has 0 saturated carbocycles. The third kappa shape index (κ3) is 4.70. The average Bonchev–Trinajstić information content (AvgIpc) is 2.75. The highest BCUT2D eigenvalue weighted by Gasteiger charge is 2.35. The molecule has 0 bridgehead atoms. The van der Waals surface area contributed by atoms with E-state index in [1.807, 2.05) is 0 Å². The third-order valence-electron chi connectivity index (χ3n) is 1.92. The van der Waals surface area contributed by atoms with Gasteiger partial charge in [0, 0.05) is 13.0 Å². The van der Waals surface area contributed by atoms with Crippen LogP contribution in [0.1, 0.15) is 25.0 Å². The van der Waals surface area contributed by atoms with Crippen molar-refractivity contribution in [1.82, 2.24) is 20.5 Å². The third-order valence-corrected chi connectivity index (χ3v) is 1.92. The van der Waals surface area contributed by atoms with Crippen LogP contribution < -0.4 is 5.32 Å². The summed E-state index contributed by atoms with van der Waals surface area (Å²) in [6.45, 7) is 2.44. The summed E-state index contributed by atoms with van der Waals surface area (Å²) in [4.78, 5) is 14.4. The van der Waals surface area contributed by atoms with Crippen LogP contribution >= 0.6 is 0 Å². The van der Waals surface area contributed by atoms with E-state index in [4.69, 9.17) is 4.74 Å². The molecule has 2 N–H and O–H groups in total. The van der Waals surface area contributed by atoms with Crippen molar-refractivity contribution in [3.8, 4) is 0 Å².